The van der Waals surface area contributed by atoms with Crippen molar-refractivity contribution in [3.05, 3.63) is 27.0 Å². The molecule has 2 heterocycles. The summed E-state index contributed by atoms with van der Waals surface area (Å²) >= 11 is 0. The van der Waals surface area contributed by atoms with Crippen LogP contribution in [0.4, 0.5) is 0 Å². The average Bonchev–Trinajstić information content (AvgIpc) is 3.21. The van der Waals surface area contributed by atoms with Crippen molar-refractivity contribution in [2.45, 2.75) is 23.3 Å². The SMILES string of the molecule is Cn1cc(S(=O)(=O)N2CC(N)(C3CC3)C2)c(=O)n(C)c1=O. The summed E-state index contributed by atoms with van der Waals surface area (Å²) in [7, 11) is -1.24. The molecule has 1 saturated carbocycles. The molecule has 21 heavy (non-hydrogen) atoms. The van der Waals surface area contributed by atoms with E-state index >= 15 is 0 Å². The van der Waals surface area contributed by atoms with Crippen LogP contribution in [-0.2, 0) is 24.1 Å². The second kappa shape index (κ2) is 4.28. The number of nitrogens with two attached hydrogens (primary N) is 1. The van der Waals surface area contributed by atoms with Crippen LogP contribution in [0.1, 0.15) is 12.8 Å². The molecule has 2 aliphatic rings. The largest absolute Gasteiger partial charge is 0.330 e. The normalized spacial score (nSPS) is 22.0. The van der Waals surface area contributed by atoms with Crippen molar-refractivity contribution < 1.29 is 8.42 Å². The molecular formula is C12H18N4O4S. The third-order valence-electron chi connectivity index (χ3n) is 4.36. The third-order valence-corrected chi connectivity index (χ3v) is 6.14. The Kier molecular flexibility index (Phi) is 2.95. The van der Waals surface area contributed by atoms with Crippen LogP contribution in [0.2, 0.25) is 0 Å². The van der Waals surface area contributed by atoms with Gasteiger partial charge in [0.1, 0.15) is 0 Å². The summed E-state index contributed by atoms with van der Waals surface area (Å²) in [6.45, 7) is 0.456. The molecule has 1 aliphatic heterocycles. The smallest absolute Gasteiger partial charge is 0.323 e. The third kappa shape index (κ3) is 2.07. The fourth-order valence-corrected chi connectivity index (χ4v) is 4.54. The van der Waals surface area contributed by atoms with Gasteiger partial charge >= 0.3 is 5.69 Å². The lowest BCUT2D eigenvalue weighted by Crippen LogP contribution is -2.70. The quantitative estimate of drug-likeness (QED) is 0.708. The van der Waals surface area contributed by atoms with Crippen LogP contribution in [0.15, 0.2) is 20.7 Å². The number of rotatable bonds is 3. The molecule has 0 amide bonds. The van der Waals surface area contributed by atoms with Crippen LogP contribution in [-0.4, -0.2) is 40.5 Å². The molecule has 0 spiro atoms. The molecule has 9 heteroatoms. The zero-order valence-corrected chi connectivity index (χ0v) is 12.8. The van der Waals surface area contributed by atoms with Crippen molar-refractivity contribution in [2.75, 3.05) is 13.1 Å². The van der Waals surface area contributed by atoms with Crippen LogP contribution in [0.3, 0.4) is 0 Å². The molecule has 0 atom stereocenters. The first kappa shape index (κ1) is 14.5. The minimum atomic E-state index is -3.91. The van der Waals surface area contributed by atoms with Gasteiger partial charge < -0.3 is 10.3 Å². The average molecular weight is 314 g/mol. The van der Waals surface area contributed by atoms with Gasteiger partial charge in [0.2, 0.25) is 10.0 Å². The molecule has 1 aromatic heterocycles. The van der Waals surface area contributed by atoms with Gasteiger partial charge in [-0.05, 0) is 18.8 Å². The number of hydrogen-bond acceptors (Lipinski definition) is 5. The van der Waals surface area contributed by atoms with Crippen LogP contribution in [0, 0.1) is 5.92 Å². The van der Waals surface area contributed by atoms with Crippen LogP contribution in [0.25, 0.3) is 0 Å². The van der Waals surface area contributed by atoms with E-state index in [2.05, 4.69) is 0 Å². The number of nitrogens with zero attached hydrogens (tertiary/aromatic N) is 3. The number of aryl methyl sites for hydroxylation is 1. The maximum absolute atomic E-state index is 12.5. The number of hydrogen-bond donors (Lipinski definition) is 1. The van der Waals surface area contributed by atoms with Crippen LogP contribution >= 0.6 is 0 Å². The molecular weight excluding hydrogens is 296 g/mol. The van der Waals surface area contributed by atoms with E-state index in [0.717, 1.165) is 28.2 Å². The Hall–Kier alpha value is -1.45. The Morgan fingerprint density at radius 2 is 1.81 bits per heavy atom. The van der Waals surface area contributed by atoms with Crippen molar-refractivity contribution in [1.29, 1.82) is 0 Å². The van der Waals surface area contributed by atoms with Gasteiger partial charge in [0, 0.05) is 38.9 Å². The molecule has 1 aromatic rings. The fraction of sp³-hybridized carbons (Fsp3) is 0.667. The van der Waals surface area contributed by atoms with E-state index in [0.29, 0.717) is 5.92 Å². The van der Waals surface area contributed by atoms with Crippen molar-refractivity contribution in [3.8, 4) is 0 Å². The van der Waals surface area contributed by atoms with Crippen molar-refractivity contribution >= 4 is 10.0 Å². The lowest BCUT2D eigenvalue weighted by Gasteiger charge is -2.46. The van der Waals surface area contributed by atoms with E-state index in [1.54, 1.807) is 0 Å². The van der Waals surface area contributed by atoms with E-state index in [4.69, 9.17) is 5.73 Å². The molecule has 8 nitrogen and oxygen atoms in total. The van der Waals surface area contributed by atoms with Gasteiger partial charge in [0.05, 0.1) is 0 Å². The van der Waals surface area contributed by atoms with Gasteiger partial charge in [-0.25, -0.2) is 13.2 Å². The summed E-state index contributed by atoms with van der Waals surface area (Å²) in [5.41, 5.74) is 4.32. The summed E-state index contributed by atoms with van der Waals surface area (Å²) in [6.07, 6.45) is 3.14. The molecule has 2 fully saturated rings. The topological polar surface area (TPSA) is 107 Å². The maximum atomic E-state index is 12.5. The fourth-order valence-electron chi connectivity index (χ4n) is 2.79. The van der Waals surface area contributed by atoms with Crippen molar-refractivity contribution in [2.24, 2.45) is 25.7 Å². The molecule has 0 radical (unpaired) electrons. The highest BCUT2D eigenvalue weighted by molar-refractivity contribution is 7.89. The Bertz CT molecular complexity index is 813. The summed E-state index contributed by atoms with van der Waals surface area (Å²) in [6, 6.07) is 0. The van der Waals surface area contributed by atoms with Gasteiger partial charge in [-0.1, -0.05) is 0 Å². The maximum Gasteiger partial charge on any atom is 0.330 e. The second-order valence-electron chi connectivity index (χ2n) is 6.03. The Labute approximate surface area is 121 Å². The predicted molar refractivity (Wildman–Crippen MR) is 75.3 cm³/mol. The van der Waals surface area contributed by atoms with Crippen molar-refractivity contribution in [3.63, 3.8) is 0 Å². The van der Waals surface area contributed by atoms with Gasteiger partial charge in [0.15, 0.2) is 4.90 Å². The van der Waals surface area contributed by atoms with E-state index < -0.39 is 26.8 Å². The predicted octanol–water partition coefficient (Wildman–Crippen LogP) is -1.80. The molecule has 1 saturated heterocycles. The van der Waals surface area contributed by atoms with Gasteiger partial charge in [0.25, 0.3) is 5.56 Å². The number of sulfonamides is 1. The highest BCUT2D eigenvalue weighted by atomic mass is 32.2. The van der Waals surface area contributed by atoms with Gasteiger partial charge in [-0.3, -0.25) is 9.36 Å². The number of aromatic nitrogens is 2. The highest BCUT2D eigenvalue weighted by Crippen LogP contribution is 2.44. The lowest BCUT2D eigenvalue weighted by atomic mass is 9.88. The second-order valence-corrected chi connectivity index (χ2v) is 7.94. The molecule has 0 bridgehead atoms. The molecule has 116 valence electrons. The monoisotopic (exact) mass is 314 g/mol. The molecule has 0 unspecified atom stereocenters. The van der Waals surface area contributed by atoms with E-state index in [-0.39, 0.29) is 18.0 Å². The standard InChI is InChI=1S/C12H18N4O4S/c1-14-5-9(10(17)15(2)11(14)18)21(19,20)16-6-12(13,7-16)8-3-4-8/h5,8H,3-4,6-7,13H2,1-2H3. The Morgan fingerprint density at radius 1 is 1.24 bits per heavy atom. The van der Waals surface area contributed by atoms with Crippen LogP contribution < -0.4 is 17.0 Å². The zero-order chi connectivity index (χ0) is 15.6. The summed E-state index contributed by atoms with van der Waals surface area (Å²) in [5, 5.41) is 0. The lowest BCUT2D eigenvalue weighted by molar-refractivity contribution is 0.135. The van der Waals surface area contributed by atoms with E-state index in [1.165, 1.54) is 18.4 Å². The molecule has 1 aliphatic carbocycles. The zero-order valence-electron chi connectivity index (χ0n) is 11.9. The Morgan fingerprint density at radius 3 is 2.33 bits per heavy atom. The minimum Gasteiger partial charge on any atom is -0.323 e. The summed E-state index contributed by atoms with van der Waals surface area (Å²) in [4.78, 5) is 23.3. The molecule has 0 aromatic carbocycles. The molecule has 3 rings (SSSR count). The first-order chi connectivity index (χ1) is 9.67. The van der Waals surface area contributed by atoms with E-state index in [9.17, 15) is 18.0 Å². The van der Waals surface area contributed by atoms with E-state index in [1.807, 2.05) is 0 Å². The first-order valence-electron chi connectivity index (χ1n) is 6.72. The Balaban J connectivity index is 1.97. The highest BCUT2D eigenvalue weighted by Gasteiger charge is 2.54. The summed E-state index contributed by atoms with van der Waals surface area (Å²) in [5.74, 6) is 0.381. The minimum absolute atomic E-state index is 0.228. The van der Waals surface area contributed by atoms with Crippen molar-refractivity contribution in [1.82, 2.24) is 13.4 Å². The molecule has 2 N–H and O–H groups in total. The van der Waals surface area contributed by atoms with Gasteiger partial charge in [-0.2, -0.15) is 4.31 Å². The van der Waals surface area contributed by atoms with Crippen LogP contribution in [0.5, 0.6) is 0 Å². The van der Waals surface area contributed by atoms with Gasteiger partial charge in [-0.15, -0.1) is 0 Å². The summed E-state index contributed by atoms with van der Waals surface area (Å²) < 4.78 is 28.1. The first-order valence-corrected chi connectivity index (χ1v) is 8.16.